The van der Waals surface area contributed by atoms with Gasteiger partial charge in [-0.1, -0.05) is 44.2 Å². The molecular formula is C25H23NO4. The zero-order valence-electron chi connectivity index (χ0n) is 17.2. The van der Waals surface area contributed by atoms with Crippen molar-refractivity contribution in [3.05, 3.63) is 64.7 Å². The highest BCUT2D eigenvalue weighted by molar-refractivity contribution is 6.25. The number of nitrogens with zero attached hydrogens (tertiary/aromatic N) is 1. The molecule has 0 bridgehead atoms. The molecule has 152 valence electrons. The van der Waals surface area contributed by atoms with E-state index < -0.39 is 11.8 Å². The highest BCUT2D eigenvalue weighted by Crippen LogP contribution is 2.52. The molecular weight excluding hydrogens is 378 g/mol. The summed E-state index contributed by atoms with van der Waals surface area (Å²) >= 11 is 0. The summed E-state index contributed by atoms with van der Waals surface area (Å²) in [6.07, 6.45) is 1.16. The van der Waals surface area contributed by atoms with Crippen molar-refractivity contribution in [3.8, 4) is 11.5 Å². The van der Waals surface area contributed by atoms with Gasteiger partial charge in [0.25, 0.3) is 0 Å². The standard InChI is InChI=1S/C25H23NO4/c1-25(2)11-16-21(18(28)12-25)20(13-8-9-17(27)19(10-13)30-3)22-23(26-16)14-6-4-5-7-15(14)24(22)29/h4-10,20-21,27H,11-12H2,1-3H3/t20-,21?/m1/s1. The molecule has 2 atom stereocenters. The summed E-state index contributed by atoms with van der Waals surface area (Å²) in [6.45, 7) is 4.17. The summed E-state index contributed by atoms with van der Waals surface area (Å²) < 4.78 is 5.31. The first-order chi connectivity index (χ1) is 14.3. The lowest BCUT2D eigenvalue weighted by atomic mass is 9.63. The van der Waals surface area contributed by atoms with E-state index in [1.165, 1.54) is 7.11 Å². The minimum absolute atomic E-state index is 0.0253. The zero-order chi connectivity index (χ0) is 21.2. The Kier molecular flexibility index (Phi) is 4.01. The Balaban J connectivity index is 1.75. The quantitative estimate of drug-likeness (QED) is 0.801. The van der Waals surface area contributed by atoms with E-state index >= 15 is 0 Å². The summed E-state index contributed by atoms with van der Waals surface area (Å²) in [5.74, 6) is -0.521. The Morgan fingerprint density at radius 3 is 2.50 bits per heavy atom. The van der Waals surface area contributed by atoms with Gasteiger partial charge in [0.2, 0.25) is 0 Å². The van der Waals surface area contributed by atoms with Crippen LogP contribution >= 0.6 is 0 Å². The molecule has 1 aliphatic heterocycles. The number of fused-ring (bicyclic) bond motifs is 3. The summed E-state index contributed by atoms with van der Waals surface area (Å²) in [4.78, 5) is 31.7. The van der Waals surface area contributed by atoms with Crippen LogP contribution in [0.5, 0.6) is 11.5 Å². The molecule has 0 spiro atoms. The monoisotopic (exact) mass is 401 g/mol. The van der Waals surface area contributed by atoms with Gasteiger partial charge in [0.05, 0.1) is 18.7 Å². The number of carbonyl (C=O) groups excluding carboxylic acids is 2. The lowest BCUT2D eigenvalue weighted by Gasteiger charge is -2.40. The fraction of sp³-hybridized carbons (Fsp3) is 0.320. The highest BCUT2D eigenvalue weighted by Gasteiger charge is 2.50. The maximum atomic E-state index is 13.4. The van der Waals surface area contributed by atoms with Gasteiger partial charge in [-0.3, -0.25) is 14.6 Å². The van der Waals surface area contributed by atoms with Gasteiger partial charge >= 0.3 is 0 Å². The molecule has 3 aliphatic rings. The molecule has 1 N–H and O–H groups in total. The average molecular weight is 401 g/mol. The second-order valence-electron chi connectivity index (χ2n) is 9.11. The highest BCUT2D eigenvalue weighted by atomic mass is 16.5. The van der Waals surface area contributed by atoms with E-state index in [2.05, 4.69) is 13.8 Å². The van der Waals surface area contributed by atoms with Gasteiger partial charge in [-0.25, -0.2) is 0 Å². The third-order valence-electron chi connectivity index (χ3n) is 6.41. The predicted molar refractivity (Wildman–Crippen MR) is 114 cm³/mol. The van der Waals surface area contributed by atoms with Crippen LogP contribution in [0.3, 0.4) is 0 Å². The number of carbonyl (C=O) groups is 2. The molecule has 0 amide bonds. The molecule has 5 rings (SSSR count). The first-order valence-electron chi connectivity index (χ1n) is 10.2. The Labute approximate surface area is 175 Å². The third kappa shape index (κ3) is 2.65. The van der Waals surface area contributed by atoms with E-state index in [-0.39, 0.29) is 22.7 Å². The van der Waals surface area contributed by atoms with E-state index in [0.29, 0.717) is 35.4 Å². The molecule has 1 saturated carbocycles. The van der Waals surface area contributed by atoms with E-state index in [9.17, 15) is 14.7 Å². The van der Waals surface area contributed by atoms with Crippen LogP contribution in [0.15, 0.2) is 53.0 Å². The molecule has 2 aromatic rings. The number of aliphatic imine (C=N–C) groups is 1. The number of phenolic OH excluding ortho intramolecular Hbond substituents is 1. The Bertz CT molecular complexity index is 1170. The first-order valence-corrected chi connectivity index (χ1v) is 10.2. The van der Waals surface area contributed by atoms with Gasteiger partial charge in [-0.2, -0.15) is 0 Å². The average Bonchev–Trinajstić information content (AvgIpc) is 2.98. The Morgan fingerprint density at radius 1 is 1.03 bits per heavy atom. The molecule has 5 nitrogen and oxygen atoms in total. The van der Waals surface area contributed by atoms with E-state index in [0.717, 1.165) is 16.8 Å². The number of benzene rings is 2. The van der Waals surface area contributed by atoms with Gasteiger partial charge in [-0.05, 0) is 29.5 Å². The molecule has 2 aliphatic carbocycles. The normalized spacial score (nSPS) is 24.2. The van der Waals surface area contributed by atoms with Crippen molar-refractivity contribution in [2.24, 2.45) is 16.3 Å². The number of hydrogen-bond acceptors (Lipinski definition) is 5. The second kappa shape index (κ2) is 6.39. The summed E-state index contributed by atoms with van der Waals surface area (Å²) in [7, 11) is 1.49. The van der Waals surface area contributed by atoms with Crippen LogP contribution < -0.4 is 4.74 Å². The van der Waals surface area contributed by atoms with Crippen LogP contribution in [-0.2, 0) is 4.79 Å². The molecule has 0 aromatic heterocycles. The van der Waals surface area contributed by atoms with Crippen LogP contribution in [0.25, 0.3) is 5.70 Å². The van der Waals surface area contributed by atoms with Crippen molar-refractivity contribution in [3.63, 3.8) is 0 Å². The maximum Gasteiger partial charge on any atom is 0.192 e. The molecule has 1 fully saturated rings. The number of Topliss-reactive ketones (excluding diaryl/α,β-unsaturated/α-hetero) is 2. The minimum Gasteiger partial charge on any atom is -0.504 e. The Morgan fingerprint density at radius 2 is 1.77 bits per heavy atom. The maximum absolute atomic E-state index is 13.4. The van der Waals surface area contributed by atoms with Crippen LogP contribution in [-0.4, -0.2) is 29.5 Å². The van der Waals surface area contributed by atoms with Crippen LogP contribution in [0, 0.1) is 11.3 Å². The fourth-order valence-corrected chi connectivity index (χ4v) is 5.17. The van der Waals surface area contributed by atoms with E-state index in [1.807, 2.05) is 24.3 Å². The molecule has 1 unspecified atom stereocenters. The Hall–Kier alpha value is -3.21. The van der Waals surface area contributed by atoms with Gasteiger partial charge < -0.3 is 9.84 Å². The molecule has 30 heavy (non-hydrogen) atoms. The number of aromatic hydroxyl groups is 1. The van der Waals surface area contributed by atoms with Crippen molar-refractivity contribution in [1.29, 1.82) is 0 Å². The van der Waals surface area contributed by atoms with Crippen LogP contribution in [0.1, 0.15) is 54.1 Å². The molecule has 2 aromatic carbocycles. The third-order valence-corrected chi connectivity index (χ3v) is 6.41. The topological polar surface area (TPSA) is 76.0 Å². The number of ketones is 2. The number of phenols is 1. The number of hydrogen-bond donors (Lipinski definition) is 1. The largest absolute Gasteiger partial charge is 0.504 e. The number of rotatable bonds is 2. The van der Waals surface area contributed by atoms with Crippen molar-refractivity contribution in [2.75, 3.05) is 7.11 Å². The smallest absolute Gasteiger partial charge is 0.192 e. The van der Waals surface area contributed by atoms with E-state index in [4.69, 9.17) is 9.73 Å². The van der Waals surface area contributed by atoms with Crippen molar-refractivity contribution < 1.29 is 19.4 Å². The minimum atomic E-state index is -0.468. The van der Waals surface area contributed by atoms with Gasteiger partial charge in [-0.15, -0.1) is 0 Å². The van der Waals surface area contributed by atoms with Crippen LogP contribution in [0.4, 0.5) is 0 Å². The van der Waals surface area contributed by atoms with Gasteiger partial charge in [0, 0.05) is 34.8 Å². The lowest BCUT2D eigenvalue weighted by Crippen LogP contribution is -2.43. The van der Waals surface area contributed by atoms with Crippen molar-refractivity contribution in [1.82, 2.24) is 0 Å². The molecule has 0 saturated heterocycles. The van der Waals surface area contributed by atoms with Gasteiger partial charge in [0.1, 0.15) is 5.78 Å². The number of methoxy groups -OCH3 is 1. The van der Waals surface area contributed by atoms with Crippen molar-refractivity contribution >= 4 is 23.0 Å². The summed E-state index contributed by atoms with van der Waals surface area (Å²) in [5.41, 5.74) is 4.18. The van der Waals surface area contributed by atoms with Gasteiger partial charge in [0.15, 0.2) is 17.3 Å². The number of allylic oxidation sites excluding steroid dienone is 1. The molecule has 0 radical (unpaired) electrons. The lowest BCUT2D eigenvalue weighted by molar-refractivity contribution is -0.124. The SMILES string of the molecule is COc1cc([C@H]2C3=C(N=C4CC(C)(C)CC(=O)C42)c2ccccc2C3=O)ccc1O. The second-order valence-corrected chi connectivity index (χ2v) is 9.11. The zero-order valence-corrected chi connectivity index (χ0v) is 17.2. The predicted octanol–water partition coefficient (Wildman–Crippen LogP) is 4.55. The van der Waals surface area contributed by atoms with Crippen LogP contribution in [0.2, 0.25) is 0 Å². The summed E-state index contributed by atoms with van der Waals surface area (Å²) in [6, 6.07) is 12.6. The first kappa shape index (κ1) is 18.8. The summed E-state index contributed by atoms with van der Waals surface area (Å²) in [5, 5.41) is 10.1. The van der Waals surface area contributed by atoms with E-state index in [1.54, 1.807) is 18.2 Å². The molecule has 5 heteroatoms. The fourth-order valence-electron chi connectivity index (χ4n) is 5.17. The van der Waals surface area contributed by atoms with Crippen molar-refractivity contribution in [2.45, 2.75) is 32.6 Å². The number of ether oxygens (including phenoxy) is 1. The molecule has 1 heterocycles.